The van der Waals surface area contributed by atoms with Crippen molar-refractivity contribution in [1.29, 1.82) is 0 Å². The van der Waals surface area contributed by atoms with Crippen molar-refractivity contribution in [2.75, 3.05) is 13.7 Å². The van der Waals surface area contributed by atoms with Crippen LogP contribution >= 0.6 is 15.9 Å². The van der Waals surface area contributed by atoms with Gasteiger partial charge in [0, 0.05) is 6.04 Å². The highest BCUT2D eigenvalue weighted by atomic mass is 79.9. The van der Waals surface area contributed by atoms with Crippen LogP contribution in [0.3, 0.4) is 0 Å². The number of nitrogens with one attached hydrogen (secondary N) is 1. The zero-order valence-corrected chi connectivity index (χ0v) is 14.6. The fourth-order valence-corrected chi connectivity index (χ4v) is 3.56. The summed E-state index contributed by atoms with van der Waals surface area (Å²) in [4.78, 5) is 0. The molecule has 1 aliphatic rings. The van der Waals surface area contributed by atoms with Crippen LogP contribution in [0.5, 0.6) is 5.75 Å². The number of ether oxygens (including phenoxy) is 1. The van der Waals surface area contributed by atoms with Gasteiger partial charge >= 0.3 is 0 Å². The summed E-state index contributed by atoms with van der Waals surface area (Å²) in [6, 6.07) is 7.01. The van der Waals surface area contributed by atoms with Gasteiger partial charge in [0.15, 0.2) is 0 Å². The van der Waals surface area contributed by atoms with Gasteiger partial charge in [-0.25, -0.2) is 0 Å². The topological polar surface area (TPSA) is 21.3 Å². The second kappa shape index (κ2) is 6.48. The standard InChI is InChI=1S/C17H26BrNO/c1-5-8-19-15(13-11-17(13,2)3)10-12-6-7-16(20-4)14(18)9-12/h6-7,9,13,15,19H,5,8,10-11H2,1-4H3. The third-order valence-corrected chi connectivity index (χ3v) is 5.02. The van der Waals surface area contributed by atoms with Gasteiger partial charge < -0.3 is 10.1 Å². The molecule has 0 radical (unpaired) electrons. The zero-order valence-electron chi connectivity index (χ0n) is 13.0. The van der Waals surface area contributed by atoms with Crippen molar-refractivity contribution >= 4 is 15.9 Å². The number of hydrogen-bond donors (Lipinski definition) is 1. The van der Waals surface area contributed by atoms with E-state index in [9.17, 15) is 0 Å². The highest BCUT2D eigenvalue weighted by molar-refractivity contribution is 9.10. The Labute approximate surface area is 131 Å². The maximum Gasteiger partial charge on any atom is 0.133 e. The first-order valence-corrected chi connectivity index (χ1v) is 8.33. The Bertz CT molecular complexity index is 458. The SMILES string of the molecule is CCCNC(Cc1ccc(OC)c(Br)c1)C1CC1(C)C. The number of rotatable bonds is 7. The van der Waals surface area contributed by atoms with Crippen LogP contribution in [0.1, 0.15) is 39.2 Å². The summed E-state index contributed by atoms with van der Waals surface area (Å²) in [7, 11) is 1.71. The molecule has 2 unspecified atom stereocenters. The van der Waals surface area contributed by atoms with Crippen LogP contribution in [0.15, 0.2) is 22.7 Å². The minimum Gasteiger partial charge on any atom is -0.496 e. The van der Waals surface area contributed by atoms with Crippen molar-refractivity contribution in [2.24, 2.45) is 11.3 Å². The normalized spacial score (nSPS) is 21.6. The molecule has 0 aromatic heterocycles. The molecule has 2 rings (SSSR count). The molecule has 112 valence electrons. The Morgan fingerprint density at radius 3 is 2.65 bits per heavy atom. The number of benzene rings is 1. The van der Waals surface area contributed by atoms with E-state index in [0.29, 0.717) is 11.5 Å². The third kappa shape index (κ3) is 3.76. The van der Waals surface area contributed by atoms with Crippen LogP contribution in [0, 0.1) is 11.3 Å². The largest absolute Gasteiger partial charge is 0.496 e. The molecule has 0 spiro atoms. The lowest BCUT2D eigenvalue weighted by atomic mass is 9.97. The van der Waals surface area contributed by atoms with Gasteiger partial charge in [-0.15, -0.1) is 0 Å². The predicted octanol–water partition coefficient (Wildman–Crippen LogP) is 4.41. The smallest absolute Gasteiger partial charge is 0.133 e. The molecule has 0 saturated heterocycles. The maximum absolute atomic E-state index is 5.30. The van der Waals surface area contributed by atoms with Gasteiger partial charge in [0.05, 0.1) is 11.6 Å². The quantitative estimate of drug-likeness (QED) is 0.794. The summed E-state index contributed by atoms with van der Waals surface area (Å²) in [6.07, 6.45) is 3.62. The van der Waals surface area contributed by atoms with Crippen LogP contribution in [-0.2, 0) is 6.42 Å². The summed E-state index contributed by atoms with van der Waals surface area (Å²) in [6.45, 7) is 8.09. The Balaban J connectivity index is 2.05. The summed E-state index contributed by atoms with van der Waals surface area (Å²) in [5, 5.41) is 3.74. The lowest BCUT2D eigenvalue weighted by Gasteiger charge is -2.21. The molecule has 1 saturated carbocycles. The van der Waals surface area contributed by atoms with Gasteiger partial charge in [-0.1, -0.05) is 26.8 Å². The van der Waals surface area contributed by atoms with E-state index in [2.05, 4.69) is 54.2 Å². The lowest BCUT2D eigenvalue weighted by molar-refractivity contribution is 0.400. The molecule has 1 aromatic rings. The molecule has 0 amide bonds. The van der Waals surface area contributed by atoms with Crippen molar-refractivity contribution in [2.45, 2.75) is 46.1 Å². The third-order valence-electron chi connectivity index (χ3n) is 4.40. The highest BCUT2D eigenvalue weighted by Gasteiger charge is 2.49. The molecule has 0 heterocycles. The lowest BCUT2D eigenvalue weighted by Crippen LogP contribution is -2.35. The van der Waals surface area contributed by atoms with Crippen molar-refractivity contribution < 1.29 is 4.74 Å². The Hall–Kier alpha value is -0.540. The predicted molar refractivity (Wildman–Crippen MR) is 88.4 cm³/mol. The number of halogens is 1. The van der Waals surface area contributed by atoms with Gasteiger partial charge in [0.25, 0.3) is 0 Å². The summed E-state index contributed by atoms with van der Waals surface area (Å²) < 4.78 is 6.34. The molecule has 1 aromatic carbocycles. The van der Waals surface area contributed by atoms with Gasteiger partial charge in [-0.2, -0.15) is 0 Å². The molecule has 0 aliphatic heterocycles. The molecule has 2 nitrogen and oxygen atoms in total. The zero-order chi connectivity index (χ0) is 14.8. The number of methoxy groups -OCH3 is 1. The average molecular weight is 340 g/mol. The van der Waals surface area contributed by atoms with Crippen molar-refractivity contribution in [1.82, 2.24) is 5.32 Å². The van der Waals surface area contributed by atoms with E-state index in [1.165, 1.54) is 18.4 Å². The molecule has 3 heteroatoms. The maximum atomic E-state index is 5.30. The monoisotopic (exact) mass is 339 g/mol. The van der Waals surface area contributed by atoms with E-state index in [0.717, 1.165) is 29.1 Å². The second-order valence-corrected chi connectivity index (χ2v) is 7.39. The molecule has 1 fully saturated rings. The average Bonchev–Trinajstić information content (AvgIpc) is 3.03. The molecule has 1 N–H and O–H groups in total. The van der Waals surface area contributed by atoms with Gasteiger partial charge in [0.1, 0.15) is 5.75 Å². The number of hydrogen-bond acceptors (Lipinski definition) is 2. The van der Waals surface area contributed by atoms with E-state index in [4.69, 9.17) is 4.74 Å². The van der Waals surface area contributed by atoms with E-state index in [-0.39, 0.29) is 0 Å². The molecule has 2 atom stereocenters. The fraction of sp³-hybridized carbons (Fsp3) is 0.647. The van der Waals surface area contributed by atoms with Gasteiger partial charge in [-0.3, -0.25) is 0 Å². The first kappa shape index (κ1) is 15.8. The second-order valence-electron chi connectivity index (χ2n) is 6.53. The minimum absolute atomic E-state index is 0.509. The van der Waals surface area contributed by atoms with E-state index in [1.807, 2.05) is 6.07 Å². The van der Waals surface area contributed by atoms with Crippen LogP contribution in [0.25, 0.3) is 0 Å². The molecule has 0 bridgehead atoms. The van der Waals surface area contributed by atoms with E-state index < -0.39 is 0 Å². The van der Waals surface area contributed by atoms with Crippen molar-refractivity contribution in [3.8, 4) is 5.75 Å². The molecular formula is C17H26BrNO. The summed E-state index contributed by atoms with van der Waals surface area (Å²) >= 11 is 3.58. The Morgan fingerprint density at radius 2 is 2.15 bits per heavy atom. The van der Waals surface area contributed by atoms with Crippen molar-refractivity contribution in [3.63, 3.8) is 0 Å². The minimum atomic E-state index is 0.509. The van der Waals surface area contributed by atoms with Crippen molar-refractivity contribution in [3.05, 3.63) is 28.2 Å². The van der Waals surface area contributed by atoms with Crippen LogP contribution in [0.4, 0.5) is 0 Å². The fourth-order valence-electron chi connectivity index (χ4n) is 2.97. The molecule has 1 aliphatic carbocycles. The van der Waals surface area contributed by atoms with E-state index in [1.54, 1.807) is 7.11 Å². The van der Waals surface area contributed by atoms with Crippen LogP contribution in [-0.4, -0.2) is 19.7 Å². The van der Waals surface area contributed by atoms with Gasteiger partial charge in [0.2, 0.25) is 0 Å². The Kier molecular flexibility index (Phi) is 5.14. The van der Waals surface area contributed by atoms with Gasteiger partial charge in [-0.05, 0) is 70.8 Å². The highest BCUT2D eigenvalue weighted by Crippen LogP contribution is 2.54. The summed E-state index contributed by atoms with van der Waals surface area (Å²) in [5.74, 6) is 1.70. The van der Waals surface area contributed by atoms with Crippen LogP contribution in [0.2, 0.25) is 0 Å². The molecular weight excluding hydrogens is 314 g/mol. The Morgan fingerprint density at radius 1 is 1.45 bits per heavy atom. The first-order valence-electron chi connectivity index (χ1n) is 7.53. The van der Waals surface area contributed by atoms with Crippen LogP contribution < -0.4 is 10.1 Å². The first-order chi connectivity index (χ1) is 9.47. The summed E-state index contributed by atoms with van der Waals surface area (Å²) in [5.41, 5.74) is 1.88. The molecule has 20 heavy (non-hydrogen) atoms. The van der Waals surface area contributed by atoms with E-state index >= 15 is 0 Å².